The summed E-state index contributed by atoms with van der Waals surface area (Å²) in [6.45, 7) is 6.98. The predicted molar refractivity (Wildman–Crippen MR) is 78.8 cm³/mol. The number of alkyl carbamates (subject to hydrolysis) is 1. The van der Waals surface area contributed by atoms with Crippen molar-refractivity contribution in [1.82, 2.24) is 15.5 Å². The second-order valence-electron chi connectivity index (χ2n) is 6.33. The number of carbonyl (C=O) groups excluding carboxylic acids is 3. The zero-order valence-electron chi connectivity index (χ0n) is 13.5. The highest BCUT2D eigenvalue weighted by molar-refractivity contribution is 5.87. The second-order valence-corrected chi connectivity index (χ2v) is 6.33. The summed E-state index contributed by atoms with van der Waals surface area (Å²) in [4.78, 5) is 36.9. The molecule has 22 heavy (non-hydrogen) atoms. The Balaban J connectivity index is 2.71. The molecule has 126 valence electrons. The van der Waals surface area contributed by atoms with Crippen molar-refractivity contribution in [2.24, 2.45) is 0 Å². The molecule has 0 aromatic rings. The molecule has 3 amide bonds. The number of hydrogen-bond donors (Lipinski definition) is 3. The molecule has 1 saturated heterocycles. The lowest BCUT2D eigenvalue weighted by molar-refractivity contribution is -0.136. The van der Waals surface area contributed by atoms with Crippen molar-refractivity contribution in [3.05, 3.63) is 0 Å². The van der Waals surface area contributed by atoms with Gasteiger partial charge in [-0.1, -0.05) is 0 Å². The van der Waals surface area contributed by atoms with Gasteiger partial charge in [-0.2, -0.15) is 0 Å². The van der Waals surface area contributed by atoms with Crippen LogP contribution in [-0.2, 0) is 14.3 Å². The number of hydrogen-bond acceptors (Lipinski definition) is 5. The van der Waals surface area contributed by atoms with Gasteiger partial charge in [0.25, 0.3) is 0 Å². The van der Waals surface area contributed by atoms with Gasteiger partial charge in [0.05, 0.1) is 12.8 Å². The Bertz CT molecular complexity index is 431. The summed E-state index contributed by atoms with van der Waals surface area (Å²) >= 11 is 0. The maximum absolute atomic E-state index is 12.4. The van der Waals surface area contributed by atoms with Gasteiger partial charge in [-0.05, 0) is 34.1 Å². The van der Waals surface area contributed by atoms with Crippen LogP contribution in [0.4, 0.5) is 4.79 Å². The number of amides is 3. The second kappa shape index (κ2) is 7.44. The molecule has 0 aliphatic carbocycles. The Morgan fingerprint density at radius 3 is 2.59 bits per heavy atom. The lowest BCUT2D eigenvalue weighted by atomic mass is 10.1. The van der Waals surface area contributed by atoms with E-state index in [1.807, 2.05) is 0 Å². The molecule has 0 saturated carbocycles. The third kappa shape index (κ3) is 5.88. The quantitative estimate of drug-likeness (QED) is 0.677. The summed E-state index contributed by atoms with van der Waals surface area (Å²) < 4.78 is 5.10. The number of rotatable bonds is 3. The van der Waals surface area contributed by atoms with Crippen LogP contribution in [0, 0.1) is 0 Å². The smallest absolute Gasteiger partial charge is 0.408 e. The highest BCUT2D eigenvalue weighted by Crippen LogP contribution is 2.09. The van der Waals surface area contributed by atoms with Gasteiger partial charge in [-0.3, -0.25) is 9.59 Å². The standard InChI is InChI=1S/C14H25N3O5/c1-9(18)11(16-13(21)22-14(2,3)4)12(20)17-7-5-6-10(19)15-8-17/h9,11,18H,5-8H2,1-4H3,(H,15,19)(H,16,21). The monoisotopic (exact) mass is 315 g/mol. The van der Waals surface area contributed by atoms with Crippen molar-refractivity contribution in [1.29, 1.82) is 0 Å². The fraction of sp³-hybridized carbons (Fsp3) is 0.786. The molecule has 0 radical (unpaired) electrons. The van der Waals surface area contributed by atoms with Crippen LogP contribution in [0.15, 0.2) is 0 Å². The van der Waals surface area contributed by atoms with Crippen molar-refractivity contribution >= 4 is 17.9 Å². The van der Waals surface area contributed by atoms with E-state index in [2.05, 4.69) is 10.6 Å². The van der Waals surface area contributed by atoms with Gasteiger partial charge in [0, 0.05) is 13.0 Å². The molecular weight excluding hydrogens is 290 g/mol. The molecule has 0 aromatic carbocycles. The fourth-order valence-electron chi connectivity index (χ4n) is 1.99. The van der Waals surface area contributed by atoms with E-state index in [0.29, 0.717) is 19.4 Å². The van der Waals surface area contributed by atoms with Gasteiger partial charge in [-0.15, -0.1) is 0 Å². The largest absolute Gasteiger partial charge is 0.444 e. The summed E-state index contributed by atoms with van der Waals surface area (Å²) in [5, 5.41) is 14.8. The highest BCUT2D eigenvalue weighted by atomic mass is 16.6. The van der Waals surface area contributed by atoms with Crippen molar-refractivity contribution in [3.63, 3.8) is 0 Å². The molecule has 1 heterocycles. The molecule has 3 N–H and O–H groups in total. The molecule has 0 spiro atoms. The SMILES string of the molecule is CC(O)C(NC(=O)OC(C)(C)C)C(=O)N1CCCC(=O)NC1. The Hall–Kier alpha value is -1.83. The maximum Gasteiger partial charge on any atom is 0.408 e. The van der Waals surface area contributed by atoms with Gasteiger partial charge < -0.3 is 25.4 Å². The van der Waals surface area contributed by atoms with Crippen molar-refractivity contribution in [2.45, 2.75) is 58.3 Å². The van der Waals surface area contributed by atoms with Crippen LogP contribution >= 0.6 is 0 Å². The molecular formula is C14H25N3O5. The van der Waals surface area contributed by atoms with E-state index < -0.39 is 29.7 Å². The van der Waals surface area contributed by atoms with Crippen LogP contribution < -0.4 is 10.6 Å². The minimum atomic E-state index is -1.12. The van der Waals surface area contributed by atoms with Crippen molar-refractivity contribution in [2.75, 3.05) is 13.2 Å². The highest BCUT2D eigenvalue weighted by Gasteiger charge is 2.32. The first kappa shape index (κ1) is 18.2. The molecule has 8 heteroatoms. The van der Waals surface area contributed by atoms with E-state index in [-0.39, 0.29) is 12.6 Å². The number of ether oxygens (including phenoxy) is 1. The van der Waals surface area contributed by atoms with Gasteiger partial charge in [0.15, 0.2) is 0 Å². The third-order valence-corrected chi connectivity index (χ3v) is 3.03. The van der Waals surface area contributed by atoms with Gasteiger partial charge in [0.1, 0.15) is 11.6 Å². The first-order chi connectivity index (χ1) is 10.1. The van der Waals surface area contributed by atoms with E-state index in [1.54, 1.807) is 20.8 Å². The fourth-order valence-corrected chi connectivity index (χ4v) is 1.99. The molecule has 1 fully saturated rings. The first-order valence-corrected chi connectivity index (χ1v) is 7.33. The van der Waals surface area contributed by atoms with E-state index in [0.717, 1.165) is 0 Å². The molecule has 2 unspecified atom stereocenters. The van der Waals surface area contributed by atoms with Crippen LogP contribution in [0.25, 0.3) is 0 Å². The number of aliphatic hydroxyl groups excluding tert-OH is 1. The van der Waals surface area contributed by atoms with E-state index in [9.17, 15) is 19.5 Å². The average molecular weight is 315 g/mol. The number of aliphatic hydroxyl groups is 1. The van der Waals surface area contributed by atoms with Crippen LogP contribution in [0.2, 0.25) is 0 Å². The van der Waals surface area contributed by atoms with E-state index >= 15 is 0 Å². The van der Waals surface area contributed by atoms with E-state index in [4.69, 9.17) is 4.74 Å². The van der Waals surface area contributed by atoms with Crippen LogP contribution in [-0.4, -0.2) is 58.9 Å². The lowest BCUT2D eigenvalue weighted by Gasteiger charge is -2.29. The Morgan fingerprint density at radius 2 is 2.05 bits per heavy atom. The molecule has 1 rings (SSSR count). The summed E-state index contributed by atoms with van der Waals surface area (Å²) in [5.74, 6) is -0.577. The average Bonchev–Trinajstić information content (AvgIpc) is 2.57. The predicted octanol–water partition coefficient (Wildman–Crippen LogP) is -0.0434. The molecule has 2 atom stereocenters. The molecule has 0 bridgehead atoms. The van der Waals surface area contributed by atoms with Crippen molar-refractivity contribution < 1.29 is 24.2 Å². The summed E-state index contributed by atoms with van der Waals surface area (Å²) in [6.07, 6.45) is -0.969. The van der Waals surface area contributed by atoms with Crippen molar-refractivity contribution in [3.8, 4) is 0 Å². The van der Waals surface area contributed by atoms with Crippen LogP contribution in [0.3, 0.4) is 0 Å². The Morgan fingerprint density at radius 1 is 1.41 bits per heavy atom. The maximum atomic E-state index is 12.4. The Labute approximate surface area is 130 Å². The molecule has 0 aromatic heterocycles. The minimum Gasteiger partial charge on any atom is -0.444 e. The van der Waals surface area contributed by atoms with Gasteiger partial charge >= 0.3 is 6.09 Å². The summed E-state index contributed by atoms with van der Waals surface area (Å²) in [6, 6.07) is -1.12. The lowest BCUT2D eigenvalue weighted by Crippen LogP contribution is -2.55. The molecule has 8 nitrogen and oxygen atoms in total. The minimum absolute atomic E-state index is 0.0664. The van der Waals surface area contributed by atoms with Gasteiger partial charge in [-0.25, -0.2) is 4.79 Å². The van der Waals surface area contributed by atoms with Crippen LogP contribution in [0.1, 0.15) is 40.5 Å². The number of nitrogens with one attached hydrogen (secondary N) is 2. The first-order valence-electron chi connectivity index (χ1n) is 7.33. The van der Waals surface area contributed by atoms with Gasteiger partial charge in [0.2, 0.25) is 11.8 Å². The summed E-state index contributed by atoms with van der Waals surface area (Å²) in [5.41, 5.74) is -0.701. The third-order valence-electron chi connectivity index (χ3n) is 3.03. The normalized spacial score (nSPS) is 18.8. The molecule has 1 aliphatic heterocycles. The topological polar surface area (TPSA) is 108 Å². The molecule has 1 aliphatic rings. The van der Waals surface area contributed by atoms with Crippen LogP contribution in [0.5, 0.6) is 0 Å². The number of carbonyl (C=O) groups is 3. The zero-order valence-corrected chi connectivity index (χ0v) is 13.5. The zero-order chi connectivity index (χ0) is 16.9. The summed E-state index contributed by atoms with van der Waals surface area (Å²) in [7, 11) is 0. The Kier molecular flexibility index (Phi) is 6.16. The number of nitrogens with zero attached hydrogens (tertiary/aromatic N) is 1. The van der Waals surface area contributed by atoms with E-state index in [1.165, 1.54) is 11.8 Å².